The summed E-state index contributed by atoms with van der Waals surface area (Å²) in [5.74, 6) is 0. The Labute approximate surface area is 155 Å². The van der Waals surface area contributed by atoms with Crippen LogP contribution in [0.2, 0.25) is 16.6 Å². The second-order valence-electron chi connectivity index (χ2n) is 8.69. The summed E-state index contributed by atoms with van der Waals surface area (Å²) in [4.78, 5) is 0. The first-order valence-electron chi connectivity index (χ1n) is 9.38. The highest BCUT2D eigenvalue weighted by Crippen LogP contribution is 2.42. The minimum absolute atomic E-state index is 0.455. The van der Waals surface area contributed by atoms with Crippen LogP contribution in [-0.4, -0.2) is 25.6 Å². The maximum Gasteiger partial charge on any atom is 0.200 e. The van der Waals surface area contributed by atoms with Crippen molar-refractivity contribution in [1.82, 2.24) is 0 Å². The van der Waals surface area contributed by atoms with Gasteiger partial charge in [-0.15, -0.1) is 0 Å². The average molecular weight is 367 g/mol. The van der Waals surface area contributed by atoms with Crippen LogP contribution in [0, 0.1) is 0 Å². The smallest absolute Gasteiger partial charge is 0.200 e. The SMILES string of the molecule is CC(C)[Si](OCc1ccc(NCC(C)(C)O)c(N)c1)(C(C)C)C(C)C. The quantitative estimate of drug-likeness (QED) is 0.418. The van der Waals surface area contributed by atoms with Gasteiger partial charge in [0.1, 0.15) is 0 Å². The van der Waals surface area contributed by atoms with Crippen molar-refractivity contribution >= 4 is 19.7 Å². The number of benzene rings is 1. The van der Waals surface area contributed by atoms with Gasteiger partial charge >= 0.3 is 0 Å². The molecule has 0 spiro atoms. The van der Waals surface area contributed by atoms with Crippen LogP contribution < -0.4 is 11.1 Å². The number of hydrogen-bond donors (Lipinski definition) is 3. The summed E-state index contributed by atoms with van der Waals surface area (Å²) in [6, 6.07) is 6.01. The summed E-state index contributed by atoms with van der Waals surface area (Å²) in [6.07, 6.45) is 0. The van der Waals surface area contributed by atoms with Gasteiger partial charge in [0.05, 0.1) is 23.6 Å². The first-order valence-corrected chi connectivity index (χ1v) is 11.5. The van der Waals surface area contributed by atoms with Crippen LogP contribution in [0.5, 0.6) is 0 Å². The van der Waals surface area contributed by atoms with Crippen molar-refractivity contribution < 1.29 is 9.53 Å². The normalized spacial score (nSPS) is 13.1. The zero-order valence-electron chi connectivity index (χ0n) is 17.3. The second kappa shape index (κ2) is 8.56. The highest BCUT2D eigenvalue weighted by molar-refractivity contribution is 6.77. The fourth-order valence-corrected chi connectivity index (χ4v) is 9.30. The lowest BCUT2D eigenvalue weighted by Crippen LogP contribution is -2.47. The van der Waals surface area contributed by atoms with Gasteiger partial charge < -0.3 is 20.6 Å². The summed E-state index contributed by atoms with van der Waals surface area (Å²) in [7, 11) is -1.87. The molecule has 0 bridgehead atoms. The molecule has 0 aliphatic carbocycles. The predicted molar refractivity (Wildman–Crippen MR) is 111 cm³/mol. The molecule has 4 nitrogen and oxygen atoms in total. The van der Waals surface area contributed by atoms with E-state index in [1.807, 2.05) is 12.1 Å². The minimum atomic E-state index is -1.87. The van der Waals surface area contributed by atoms with E-state index < -0.39 is 13.9 Å². The van der Waals surface area contributed by atoms with Crippen LogP contribution in [0.15, 0.2) is 18.2 Å². The van der Waals surface area contributed by atoms with Crippen molar-refractivity contribution in [3.05, 3.63) is 23.8 Å². The zero-order valence-corrected chi connectivity index (χ0v) is 18.3. The molecule has 25 heavy (non-hydrogen) atoms. The maximum atomic E-state index is 9.84. The van der Waals surface area contributed by atoms with Crippen molar-refractivity contribution in [1.29, 1.82) is 0 Å². The topological polar surface area (TPSA) is 67.5 Å². The molecule has 0 aromatic heterocycles. The largest absolute Gasteiger partial charge is 0.412 e. The van der Waals surface area contributed by atoms with Crippen LogP contribution in [0.3, 0.4) is 0 Å². The Morgan fingerprint density at radius 2 is 1.60 bits per heavy atom. The van der Waals surface area contributed by atoms with Gasteiger partial charge in [0.25, 0.3) is 0 Å². The molecule has 4 N–H and O–H groups in total. The lowest BCUT2D eigenvalue weighted by Gasteiger charge is -2.42. The minimum Gasteiger partial charge on any atom is -0.412 e. The summed E-state index contributed by atoms with van der Waals surface area (Å²) in [5.41, 5.74) is 9.76. The molecule has 5 heteroatoms. The van der Waals surface area contributed by atoms with Crippen LogP contribution in [0.4, 0.5) is 11.4 Å². The first-order chi connectivity index (χ1) is 11.4. The van der Waals surface area contributed by atoms with Gasteiger partial charge in [-0.25, -0.2) is 0 Å². The van der Waals surface area contributed by atoms with Crippen LogP contribution >= 0.6 is 0 Å². The summed E-state index contributed by atoms with van der Waals surface area (Å²) >= 11 is 0. The van der Waals surface area contributed by atoms with Gasteiger partial charge in [0.2, 0.25) is 8.32 Å². The fourth-order valence-electron chi connectivity index (χ4n) is 3.88. The average Bonchev–Trinajstić information content (AvgIpc) is 2.44. The van der Waals surface area contributed by atoms with E-state index in [0.717, 1.165) is 11.3 Å². The molecule has 0 aliphatic rings. The van der Waals surface area contributed by atoms with E-state index in [0.29, 0.717) is 35.5 Å². The molecule has 1 rings (SSSR count). The third-order valence-electron chi connectivity index (χ3n) is 5.02. The summed E-state index contributed by atoms with van der Waals surface area (Å²) in [5, 5.41) is 13.0. The highest BCUT2D eigenvalue weighted by Gasteiger charge is 2.44. The van der Waals surface area contributed by atoms with Crippen molar-refractivity contribution in [2.75, 3.05) is 17.6 Å². The molecule has 0 unspecified atom stereocenters. The number of hydrogen-bond acceptors (Lipinski definition) is 4. The van der Waals surface area contributed by atoms with E-state index in [1.54, 1.807) is 13.8 Å². The number of nitrogens with one attached hydrogen (secondary N) is 1. The predicted octanol–water partition coefficient (Wildman–Crippen LogP) is 5.14. The lowest BCUT2D eigenvalue weighted by molar-refractivity contribution is 0.0945. The van der Waals surface area contributed by atoms with E-state index in [9.17, 15) is 5.11 Å². The molecular formula is C20H38N2O2Si. The number of aliphatic hydroxyl groups is 1. The maximum absolute atomic E-state index is 9.84. The Hall–Kier alpha value is -1.04. The molecule has 0 aliphatic heterocycles. The first kappa shape index (κ1) is 22.0. The Bertz CT molecular complexity index is 529. The van der Waals surface area contributed by atoms with Crippen molar-refractivity contribution in [3.8, 4) is 0 Å². The summed E-state index contributed by atoms with van der Waals surface area (Å²) in [6.45, 7) is 18.4. The lowest BCUT2D eigenvalue weighted by atomic mass is 10.1. The van der Waals surface area contributed by atoms with Gasteiger partial charge in [0.15, 0.2) is 0 Å². The Kier molecular flexibility index (Phi) is 7.53. The number of anilines is 2. The van der Waals surface area contributed by atoms with Crippen molar-refractivity contribution in [2.45, 2.75) is 84.2 Å². The third-order valence-corrected chi connectivity index (χ3v) is 11.1. The van der Waals surface area contributed by atoms with Gasteiger partial charge in [0, 0.05) is 6.54 Å². The molecule has 0 fully saturated rings. The Balaban J connectivity index is 2.88. The molecule has 0 radical (unpaired) electrons. The standard InChI is InChI=1S/C20H38N2O2Si/c1-14(2)25(15(3)4,16(5)6)24-12-17-9-10-19(18(21)11-17)22-13-20(7,8)23/h9-11,14-16,22-23H,12-13,21H2,1-8H3. The number of rotatable bonds is 9. The van der Waals surface area contributed by atoms with Gasteiger partial charge in [-0.1, -0.05) is 47.6 Å². The molecule has 0 heterocycles. The van der Waals surface area contributed by atoms with Gasteiger partial charge in [-0.2, -0.15) is 0 Å². The van der Waals surface area contributed by atoms with Crippen molar-refractivity contribution in [2.24, 2.45) is 0 Å². The van der Waals surface area contributed by atoms with Crippen LogP contribution in [0.25, 0.3) is 0 Å². The third kappa shape index (κ3) is 5.73. The Morgan fingerprint density at radius 3 is 2.00 bits per heavy atom. The van der Waals surface area contributed by atoms with Crippen LogP contribution in [0.1, 0.15) is 61.0 Å². The molecular weight excluding hydrogens is 328 g/mol. The molecule has 1 aromatic rings. The second-order valence-corrected chi connectivity index (χ2v) is 14.2. The number of nitrogens with two attached hydrogens (primary N) is 1. The van der Waals surface area contributed by atoms with Gasteiger partial charge in [-0.05, 0) is 48.2 Å². The fraction of sp³-hybridized carbons (Fsp3) is 0.700. The molecule has 1 aromatic carbocycles. The van der Waals surface area contributed by atoms with E-state index >= 15 is 0 Å². The summed E-state index contributed by atoms with van der Waals surface area (Å²) < 4.78 is 6.63. The molecule has 144 valence electrons. The van der Waals surface area contributed by atoms with Crippen molar-refractivity contribution in [3.63, 3.8) is 0 Å². The van der Waals surface area contributed by atoms with E-state index in [4.69, 9.17) is 10.2 Å². The van der Waals surface area contributed by atoms with E-state index in [-0.39, 0.29) is 0 Å². The monoisotopic (exact) mass is 366 g/mol. The molecule has 0 saturated heterocycles. The zero-order chi connectivity index (χ0) is 19.4. The molecule has 0 saturated carbocycles. The number of nitrogen functional groups attached to an aromatic ring is 1. The highest BCUT2D eigenvalue weighted by atomic mass is 28.4. The van der Waals surface area contributed by atoms with Crippen LogP contribution in [-0.2, 0) is 11.0 Å². The van der Waals surface area contributed by atoms with E-state index in [1.165, 1.54) is 0 Å². The van der Waals surface area contributed by atoms with Gasteiger partial charge in [-0.3, -0.25) is 0 Å². The van der Waals surface area contributed by atoms with E-state index in [2.05, 4.69) is 52.9 Å². The molecule has 0 amide bonds. The Morgan fingerprint density at radius 1 is 1.08 bits per heavy atom. The molecule has 0 atom stereocenters.